The number of hydrogen-bond donors (Lipinski definition) is 1. The van der Waals surface area contributed by atoms with Crippen LogP contribution >= 0.6 is 0 Å². The van der Waals surface area contributed by atoms with Crippen molar-refractivity contribution < 1.29 is 14.4 Å². The first-order valence-electron chi connectivity index (χ1n) is 8.60. The average molecular weight is 343 g/mol. The molecule has 6 nitrogen and oxygen atoms in total. The molecule has 25 heavy (non-hydrogen) atoms. The van der Waals surface area contributed by atoms with Gasteiger partial charge in [0.15, 0.2) is 0 Å². The van der Waals surface area contributed by atoms with E-state index in [9.17, 15) is 14.4 Å². The molecule has 2 bridgehead atoms. The first-order chi connectivity index (χ1) is 11.6. The molecule has 1 saturated carbocycles. The molecule has 2 heterocycles. The quantitative estimate of drug-likeness (QED) is 0.850. The number of nitrogens with one attached hydrogen (secondary N) is 1. The highest BCUT2D eigenvalue weighted by atomic mass is 16.2. The molecule has 1 N–H and O–H groups in total. The van der Waals surface area contributed by atoms with Crippen molar-refractivity contribution in [3.63, 3.8) is 0 Å². The van der Waals surface area contributed by atoms with Crippen molar-refractivity contribution in [2.45, 2.75) is 46.6 Å². The second-order valence-corrected chi connectivity index (χ2v) is 8.43. The largest absolute Gasteiger partial charge is 0.351 e. The van der Waals surface area contributed by atoms with Gasteiger partial charge in [0.25, 0.3) is 0 Å². The van der Waals surface area contributed by atoms with Crippen LogP contribution in [0, 0.1) is 16.2 Å². The molecule has 3 amide bonds. The van der Waals surface area contributed by atoms with Crippen molar-refractivity contribution in [3.8, 4) is 0 Å². The minimum absolute atomic E-state index is 0.112. The number of rotatable bonds is 3. The molecular formula is C19H25N3O3. The zero-order chi connectivity index (χ0) is 18.5. The van der Waals surface area contributed by atoms with E-state index in [1.54, 1.807) is 19.4 Å². The number of likely N-dealkylation sites (tertiary alicyclic amines) is 1. The van der Waals surface area contributed by atoms with E-state index in [0.717, 1.165) is 5.56 Å². The summed E-state index contributed by atoms with van der Waals surface area (Å²) in [6.45, 7) is 6.01. The highest BCUT2D eigenvalue weighted by Crippen LogP contribution is 2.58. The van der Waals surface area contributed by atoms with Gasteiger partial charge in [-0.3, -0.25) is 24.3 Å². The lowest BCUT2D eigenvalue weighted by molar-refractivity contribution is -0.178. The molecule has 1 aromatic rings. The van der Waals surface area contributed by atoms with Gasteiger partial charge < -0.3 is 5.32 Å². The Labute approximate surface area is 148 Å². The van der Waals surface area contributed by atoms with Gasteiger partial charge >= 0.3 is 0 Å². The van der Waals surface area contributed by atoms with Crippen LogP contribution in [0.3, 0.4) is 0 Å². The third kappa shape index (κ3) is 2.83. The molecule has 2 fully saturated rings. The third-order valence-corrected chi connectivity index (χ3v) is 5.71. The lowest BCUT2D eigenvalue weighted by Crippen LogP contribution is -2.63. The van der Waals surface area contributed by atoms with Crippen LogP contribution < -0.4 is 5.32 Å². The molecular weight excluding hydrogens is 318 g/mol. The predicted molar refractivity (Wildman–Crippen MR) is 92.0 cm³/mol. The third-order valence-electron chi connectivity index (χ3n) is 5.71. The number of pyridine rings is 1. The summed E-state index contributed by atoms with van der Waals surface area (Å²) in [5, 5.41) is 2.96. The molecule has 0 aromatic carbocycles. The number of amides is 3. The Morgan fingerprint density at radius 1 is 1.16 bits per heavy atom. The highest BCUT2D eigenvalue weighted by molar-refractivity contribution is 6.04. The monoisotopic (exact) mass is 343 g/mol. The first-order valence-corrected chi connectivity index (χ1v) is 8.60. The Hall–Kier alpha value is -2.24. The highest BCUT2D eigenvalue weighted by Gasteiger charge is 2.62. The molecule has 6 heteroatoms. The fourth-order valence-corrected chi connectivity index (χ4v) is 5.03. The number of hydrogen-bond acceptors (Lipinski definition) is 4. The van der Waals surface area contributed by atoms with Crippen LogP contribution in [-0.4, -0.2) is 34.7 Å². The Morgan fingerprint density at radius 2 is 1.76 bits per heavy atom. The number of aromatic nitrogens is 1. The van der Waals surface area contributed by atoms with Crippen LogP contribution in [0.25, 0.3) is 0 Å². The molecule has 2 atom stereocenters. The number of imide groups is 1. The minimum Gasteiger partial charge on any atom is -0.351 e. The van der Waals surface area contributed by atoms with E-state index in [-0.39, 0.29) is 17.7 Å². The smallest absolute Gasteiger partial charge is 0.234 e. The fraction of sp³-hybridized carbons (Fsp3) is 0.579. The van der Waals surface area contributed by atoms with Crippen molar-refractivity contribution in [1.82, 2.24) is 15.2 Å². The van der Waals surface area contributed by atoms with Crippen molar-refractivity contribution in [1.29, 1.82) is 0 Å². The van der Waals surface area contributed by atoms with E-state index in [4.69, 9.17) is 0 Å². The van der Waals surface area contributed by atoms with Crippen LogP contribution in [0.2, 0.25) is 0 Å². The second kappa shape index (κ2) is 5.64. The maximum absolute atomic E-state index is 12.9. The van der Waals surface area contributed by atoms with E-state index < -0.39 is 16.2 Å². The van der Waals surface area contributed by atoms with E-state index in [1.807, 2.05) is 32.9 Å². The topological polar surface area (TPSA) is 79.4 Å². The Kier molecular flexibility index (Phi) is 3.97. The Bertz CT molecular complexity index is 703. The number of nitrogens with zero attached hydrogens (tertiary/aromatic N) is 2. The van der Waals surface area contributed by atoms with Gasteiger partial charge in [-0.1, -0.05) is 26.8 Å². The van der Waals surface area contributed by atoms with Gasteiger partial charge in [-0.25, -0.2) is 0 Å². The van der Waals surface area contributed by atoms with E-state index >= 15 is 0 Å². The van der Waals surface area contributed by atoms with E-state index in [0.29, 0.717) is 25.8 Å². The van der Waals surface area contributed by atoms with Gasteiger partial charge in [0.1, 0.15) is 0 Å². The van der Waals surface area contributed by atoms with Gasteiger partial charge in [0.2, 0.25) is 17.7 Å². The maximum atomic E-state index is 12.9. The van der Waals surface area contributed by atoms with Crippen molar-refractivity contribution in [2.75, 3.05) is 7.05 Å². The van der Waals surface area contributed by atoms with Gasteiger partial charge in [-0.05, 0) is 30.9 Å². The molecule has 134 valence electrons. The van der Waals surface area contributed by atoms with Crippen LogP contribution in [0.1, 0.15) is 45.6 Å². The summed E-state index contributed by atoms with van der Waals surface area (Å²) >= 11 is 0. The number of carbonyl (C=O) groups is 3. The predicted octanol–water partition coefficient (Wildman–Crippen LogP) is 1.90. The van der Waals surface area contributed by atoms with E-state index in [2.05, 4.69) is 10.3 Å². The summed E-state index contributed by atoms with van der Waals surface area (Å²) in [6.07, 6.45) is 4.80. The Balaban J connectivity index is 1.83. The summed E-state index contributed by atoms with van der Waals surface area (Å²) in [4.78, 5) is 43.6. The number of piperidine rings is 1. The van der Waals surface area contributed by atoms with Gasteiger partial charge in [-0.15, -0.1) is 0 Å². The minimum atomic E-state index is -0.753. The molecule has 1 aliphatic heterocycles. The number of fused-ring (bicyclic) bond motifs is 2. The summed E-state index contributed by atoms with van der Waals surface area (Å²) in [5.41, 5.74) is -1.21. The molecule has 1 aliphatic carbocycles. The van der Waals surface area contributed by atoms with Crippen LogP contribution in [0.15, 0.2) is 24.5 Å². The molecule has 0 radical (unpaired) electrons. The standard InChI is InChI=1S/C19H25N3O3/c1-17(14(23)21-9-13-6-5-7-20-8-13)10-18(2)12-19(3,11-17)16(25)22(4)15(18)24/h5-8H,9-12H2,1-4H3,(H,21,23). The summed E-state index contributed by atoms with van der Waals surface area (Å²) in [7, 11) is 1.55. The average Bonchev–Trinajstić information content (AvgIpc) is 2.56. The van der Waals surface area contributed by atoms with Gasteiger partial charge in [-0.2, -0.15) is 0 Å². The van der Waals surface area contributed by atoms with Crippen molar-refractivity contribution >= 4 is 17.7 Å². The fourth-order valence-electron chi connectivity index (χ4n) is 5.03. The summed E-state index contributed by atoms with van der Waals surface area (Å²) in [6, 6.07) is 3.72. The lowest BCUT2D eigenvalue weighted by atomic mass is 9.51. The first kappa shape index (κ1) is 17.6. The molecule has 2 aliphatic rings. The molecule has 1 saturated heterocycles. The maximum Gasteiger partial charge on any atom is 0.234 e. The normalized spacial score (nSPS) is 34.8. The number of carbonyl (C=O) groups excluding carboxylic acids is 3. The molecule has 3 rings (SSSR count). The zero-order valence-corrected chi connectivity index (χ0v) is 15.3. The van der Waals surface area contributed by atoms with E-state index in [1.165, 1.54) is 4.90 Å². The van der Waals surface area contributed by atoms with Crippen LogP contribution in [-0.2, 0) is 20.9 Å². The van der Waals surface area contributed by atoms with Gasteiger partial charge in [0, 0.05) is 42.2 Å². The van der Waals surface area contributed by atoms with Gasteiger partial charge in [0.05, 0.1) is 0 Å². The second-order valence-electron chi connectivity index (χ2n) is 8.43. The summed E-state index contributed by atoms with van der Waals surface area (Å²) in [5.74, 6) is -0.472. The summed E-state index contributed by atoms with van der Waals surface area (Å²) < 4.78 is 0. The molecule has 2 unspecified atom stereocenters. The Morgan fingerprint density at radius 3 is 2.28 bits per heavy atom. The molecule has 1 aromatic heterocycles. The van der Waals surface area contributed by atoms with Crippen LogP contribution in [0.4, 0.5) is 0 Å². The molecule has 0 spiro atoms. The SMILES string of the molecule is CN1C(=O)C2(C)CC(C)(C(=O)NCc3cccnc3)CC(C)(C2)C1=O. The van der Waals surface area contributed by atoms with Crippen molar-refractivity contribution in [3.05, 3.63) is 30.1 Å². The lowest BCUT2D eigenvalue weighted by Gasteiger charge is -2.55. The van der Waals surface area contributed by atoms with Crippen molar-refractivity contribution in [2.24, 2.45) is 16.2 Å². The van der Waals surface area contributed by atoms with Crippen LogP contribution in [0.5, 0.6) is 0 Å². The zero-order valence-electron chi connectivity index (χ0n) is 15.3.